The van der Waals surface area contributed by atoms with Gasteiger partial charge in [-0.2, -0.15) is 0 Å². The molecular formula is C50H94NO9P. The zero-order valence-electron chi connectivity index (χ0n) is 40.0. The van der Waals surface area contributed by atoms with Crippen LogP contribution in [0.5, 0.6) is 0 Å². The van der Waals surface area contributed by atoms with Crippen LogP contribution in [0.15, 0.2) is 36.5 Å². The number of aliphatic hydroxyl groups is 1. The molecule has 0 aliphatic heterocycles. The lowest BCUT2D eigenvalue weighted by molar-refractivity contribution is -0.870. The molecule has 0 heterocycles. The van der Waals surface area contributed by atoms with Crippen molar-refractivity contribution in [2.75, 3.05) is 47.5 Å². The van der Waals surface area contributed by atoms with Crippen molar-refractivity contribution in [3.05, 3.63) is 36.5 Å². The minimum absolute atomic E-state index is 0.0438. The first-order valence-corrected chi connectivity index (χ1v) is 26.3. The summed E-state index contributed by atoms with van der Waals surface area (Å²) in [6.45, 7) is 4.00. The first kappa shape index (κ1) is 59.2. The molecule has 11 heteroatoms. The maximum absolute atomic E-state index is 12.7. The van der Waals surface area contributed by atoms with Crippen LogP contribution >= 0.6 is 7.82 Å². The number of unbranched alkanes of at least 4 members (excludes halogenated alkanes) is 25. The number of esters is 2. The zero-order chi connectivity index (χ0) is 45.1. The van der Waals surface area contributed by atoms with Crippen LogP contribution in [0.3, 0.4) is 0 Å². The fourth-order valence-electron chi connectivity index (χ4n) is 6.87. The summed E-state index contributed by atoms with van der Waals surface area (Å²) in [6, 6.07) is 0. The van der Waals surface area contributed by atoms with E-state index in [-0.39, 0.29) is 26.1 Å². The molecule has 0 bridgehead atoms. The first-order valence-electron chi connectivity index (χ1n) is 24.8. The Bertz CT molecular complexity index is 1150. The average Bonchev–Trinajstić information content (AvgIpc) is 3.21. The number of nitrogens with zero attached hydrogens (tertiary/aromatic N) is 1. The van der Waals surface area contributed by atoms with Crippen LogP contribution in [0.1, 0.15) is 213 Å². The van der Waals surface area contributed by atoms with E-state index in [1.165, 1.54) is 116 Å². The molecule has 10 nitrogen and oxygen atoms in total. The molecule has 0 aliphatic carbocycles. The van der Waals surface area contributed by atoms with Gasteiger partial charge >= 0.3 is 11.9 Å². The van der Waals surface area contributed by atoms with Gasteiger partial charge in [0.15, 0.2) is 6.10 Å². The van der Waals surface area contributed by atoms with Gasteiger partial charge in [-0.3, -0.25) is 14.2 Å². The van der Waals surface area contributed by atoms with Gasteiger partial charge in [-0.15, -0.1) is 0 Å². The lowest BCUT2D eigenvalue weighted by Gasteiger charge is -2.28. The first-order chi connectivity index (χ1) is 29.4. The van der Waals surface area contributed by atoms with Crippen molar-refractivity contribution in [2.24, 2.45) is 0 Å². The van der Waals surface area contributed by atoms with Gasteiger partial charge in [0.2, 0.25) is 0 Å². The van der Waals surface area contributed by atoms with E-state index in [1.54, 1.807) is 6.08 Å². The third-order valence-corrected chi connectivity index (χ3v) is 11.7. The smallest absolute Gasteiger partial charge is 0.306 e. The van der Waals surface area contributed by atoms with Gasteiger partial charge < -0.3 is 33.0 Å². The third kappa shape index (κ3) is 46.0. The number of hydrogen-bond acceptors (Lipinski definition) is 9. The predicted molar refractivity (Wildman–Crippen MR) is 251 cm³/mol. The second-order valence-electron chi connectivity index (χ2n) is 18.0. The Morgan fingerprint density at radius 3 is 1.57 bits per heavy atom. The van der Waals surface area contributed by atoms with Crippen molar-refractivity contribution in [3.63, 3.8) is 0 Å². The predicted octanol–water partition coefficient (Wildman–Crippen LogP) is 12.8. The summed E-state index contributed by atoms with van der Waals surface area (Å²) in [5.41, 5.74) is 0. The summed E-state index contributed by atoms with van der Waals surface area (Å²) in [6.07, 6.45) is 45.1. The number of ether oxygens (including phenoxy) is 2. The van der Waals surface area contributed by atoms with Gasteiger partial charge in [0.05, 0.1) is 33.9 Å². The molecule has 61 heavy (non-hydrogen) atoms. The summed E-state index contributed by atoms with van der Waals surface area (Å²) in [4.78, 5) is 37.7. The van der Waals surface area contributed by atoms with Gasteiger partial charge in [-0.05, 0) is 38.5 Å². The molecule has 0 saturated heterocycles. The van der Waals surface area contributed by atoms with E-state index in [1.807, 2.05) is 45.4 Å². The summed E-state index contributed by atoms with van der Waals surface area (Å²) in [5.74, 6) is -0.880. The molecular weight excluding hydrogens is 790 g/mol. The minimum Gasteiger partial charge on any atom is -0.756 e. The number of carbonyl (C=O) groups is 2. The number of rotatable bonds is 45. The third-order valence-electron chi connectivity index (χ3n) is 10.8. The molecule has 2 unspecified atom stereocenters. The quantitative estimate of drug-likeness (QED) is 0.0159. The number of hydrogen-bond donors (Lipinski definition) is 1. The van der Waals surface area contributed by atoms with Crippen LogP contribution in [0, 0.1) is 0 Å². The lowest BCUT2D eigenvalue weighted by Crippen LogP contribution is -2.37. The van der Waals surface area contributed by atoms with Crippen LogP contribution in [0.25, 0.3) is 0 Å². The van der Waals surface area contributed by atoms with E-state index < -0.39 is 38.6 Å². The Labute approximate surface area is 374 Å². The lowest BCUT2D eigenvalue weighted by atomic mass is 10.0. The van der Waals surface area contributed by atoms with Crippen molar-refractivity contribution in [3.8, 4) is 0 Å². The number of carbonyl (C=O) groups excluding carboxylic acids is 2. The second kappa shape index (κ2) is 42.2. The number of phosphoric acid groups is 1. The van der Waals surface area contributed by atoms with E-state index in [0.717, 1.165) is 57.8 Å². The van der Waals surface area contributed by atoms with Crippen molar-refractivity contribution in [1.29, 1.82) is 0 Å². The van der Waals surface area contributed by atoms with E-state index >= 15 is 0 Å². The molecule has 0 spiro atoms. The normalized spacial score (nSPS) is 14.3. The number of quaternary nitrogens is 1. The van der Waals surface area contributed by atoms with Crippen LogP contribution in [-0.4, -0.2) is 81.2 Å². The average molecular weight is 884 g/mol. The Morgan fingerprint density at radius 2 is 1.08 bits per heavy atom. The molecule has 0 rings (SSSR count). The summed E-state index contributed by atoms with van der Waals surface area (Å²) >= 11 is 0. The number of likely N-dealkylation sites (N-methyl/N-ethyl adjacent to an activating group) is 1. The molecule has 3 atom stereocenters. The number of aliphatic hydroxyl groups excluding tert-OH is 1. The van der Waals surface area contributed by atoms with E-state index in [9.17, 15) is 24.2 Å². The summed E-state index contributed by atoms with van der Waals surface area (Å²) in [5, 5.41) is 9.90. The highest BCUT2D eigenvalue weighted by molar-refractivity contribution is 7.45. The van der Waals surface area contributed by atoms with Crippen LogP contribution < -0.4 is 4.89 Å². The molecule has 0 aliphatic rings. The Kier molecular flexibility index (Phi) is 40.9. The highest BCUT2D eigenvalue weighted by atomic mass is 31.2. The zero-order valence-corrected chi connectivity index (χ0v) is 40.9. The minimum atomic E-state index is -4.65. The molecule has 1 N–H and O–H groups in total. The molecule has 0 amide bonds. The van der Waals surface area contributed by atoms with Crippen LogP contribution in [0.2, 0.25) is 0 Å². The monoisotopic (exact) mass is 884 g/mol. The Hall–Kier alpha value is -1.81. The number of phosphoric ester groups is 1. The highest BCUT2D eigenvalue weighted by Crippen LogP contribution is 2.38. The second-order valence-corrected chi connectivity index (χ2v) is 19.4. The van der Waals surface area contributed by atoms with Gasteiger partial charge in [0, 0.05) is 12.8 Å². The molecule has 0 aromatic rings. The largest absolute Gasteiger partial charge is 0.756 e. The standard InChI is InChI=1S/C50H94NO9P/c1-6-8-10-11-12-13-14-15-16-17-18-19-20-21-22-23-24-27-30-33-37-41-49(53)57-45-48(46-59-61(55,56)58-44-43-51(3,4)5)60-50(54)42-38-34-31-28-25-26-29-32-36-40-47(52)39-35-9-7-2/h9,29,32,35-36,40,47-48,52H,6-8,10-28,30-31,33-34,37-39,41-46H2,1-5H3/b32-29+,35-9+,40-36+/t47?,48-/m1/s1. The van der Waals surface area contributed by atoms with E-state index in [0.29, 0.717) is 23.9 Å². The van der Waals surface area contributed by atoms with Crippen molar-refractivity contribution in [2.45, 2.75) is 225 Å². The maximum Gasteiger partial charge on any atom is 0.306 e. The van der Waals surface area contributed by atoms with Crippen molar-refractivity contribution in [1.82, 2.24) is 0 Å². The molecule has 0 fully saturated rings. The molecule has 0 saturated carbocycles. The Balaban J connectivity index is 4.27. The van der Waals surface area contributed by atoms with Crippen molar-refractivity contribution >= 4 is 19.8 Å². The fraction of sp³-hybridized carbons (Fsp3) is 0.840. The van der Waals surface area contributed by atoms with E-state index in [4.69, 9.17) is 18.5 Å². The van der Waals surface area contributed by atoms with Gasteiger partial charge in [0.1, 0.15) is 19.8 Å². The van der Waals surface area contributed by atoms with Gasteiger partial charge in [0.25, 0.3) is 7.82 Å². The molecule has 0 aromatic heterocycles. The summed E-state index contributed by atoms with van der Waals surface area (Å²) in [7, 11) is 1.12. The maximum atomic E-state index is 12.7. The van der Waals surface area contributed by atoms with Gasteiger partial charge in [-0.1, -0.05) is 198 Å². The topological polar surface area (TPSA) is 131 Å². The Morgan fingerprint density at radius 1 is 0.607 bits per heavy atom. The van der Waals surface area contributed by atoms with Crippen molar-refractivity contribution < 1.29 is 47.2 Å². The SMILES string of the molecule is CC/C=C/CC(O)/C=C/C=C/CCCCCCCC(=O)O[C@H](COC(=O)CCCCCCCCCCCCCCCCCCCCCCC)COP(=O)([O-])OCC[N+](C)(C)C. The molecule has 358 valence electrons. The van der Waals surface area contributed by atoms with Gasteiger partial charge in [-0.25, -0.2) is 0 Å². The fourth-order valence-corrected chi connectivity index (χ4v) is 7.60. The van der Waals surface area contributed by atoms with E-state index in [2.05, 4.69) is 19.9 Å². The van der Waals surface area contributed by atoms with Crippen LogP contribution in [0.4, 0.5) is 0 Å². The summed E-state index contributed by atoms with van der Waals surface area (Å²) < 4.78 is 33.9. The van der Waals surface area contributed by atoms with Crippen LogP contribution in [-0.2, 0) is 32.7 Å². The molecule has 0 aromatic carbocycles. The molecule has 0 radical (unpaired) electrons. The highest BCUT2D eigenvalue weighted by Gasteiger charge is 2.21. The number of allylic oxidation sites excluding steroid dienone is 4.